The monoisotopic (exact) mass is 1270 g/mol. The Morgan fingerprint density at radius 1 is 0.314 bits per heavy atom. The van der Waals surface area contributed by atoms with Gasteiger partial charge >= 0.3 is 39.5 Å². The standard InChI is InChI=1S/C67H130O17P2/c1-9-57(5)43-35-27-19-15-13-14-16-22-33-41-49-66(71)83-62(53-77-64(69)47-39-31-21-18-17-20-28-36-44-58(6)10-2)55-81-85(73,74)79-51-61(68)52-80-86(75,76)82-56-63(84-67(72)50-42-34-26-24-30-38-46-60(8)12-4)54-78-65(70)48-40-32-25-23-29-37-45-59(7)11-3/h57-63,68H,9-56H2,1-8H3,(H,73,74)(H,75,76)/t57?,58?,59?,60?,61-,62-,63-/m1/s1. The highest BCUT2D eigenvalue weighted by molar-refractivity contribution is 7.47. The molecular weight excluding hydrogens is 1140 g/mol. The van der Waals surface area contributed by atoms with Crippen molar-refractivity contribution in [3.05, 3.63) is 0 Å². The summed E-state index contributed by atoms with van der Waals surface area (Å²) in [6.45, 7) is 14.1. The fourth-order valence-electron chi connectivity index (χ4n) is 9.83. The average Bonchev–Trinajstić information content (AvgIpc) is 3.70. The lowest BCUT2D eigenvalue weighted by Gasteiger charge is -2.21. The van der Waals surface area contributed by atoms with Gasteiger partial charge in [-0.2, -0.15) is 0 Å². The topological polar surface area (TPSA) is 237 Å². The molecule has 0 saturated carbocycles. The molecular formula is C67H130O17P2. The molecule has 19 heteroatoms. The molecule has 0 aromatic carbocycles. The fraction of sp³-hybridized carbons (Fsp3) is 0.940. The normalized spacial score (nSPS) is 15.6. The van der Waals surface area contributed by atoms with E-state index in [1.807, 2.05) is 0 Å². The third-order valence-electron chi connectivity index (χ3n) is 16.8. The highest BCUT2D eigenvalue weighted by Gasteiger charge is 2.30. The minimum Gasteiger partial charge on any atom is -0.462 e. The number of aliphatic hydroxyl groups excluding tert-OH is 1. The summed E-state index contributed by atoms with van der Waals surface area (Å²) in [6.07, 6.45) is 37.5. The number of ether oxygens (including phenoxy) is 4. The summed E-state index contributed by atoms with van der Waals surface area (Å²) < 4.78 is 68.1. The number of unbranched alkanes of at least 4 members (excludes halogenated alkanes) is 26. The van der Waals surface area contributed by atoms with Crippen molar-refractivity contribution >= 4 is 39.5 Å². The van der Waals surface area contributed by atoms with Gasteiger partial charge in [-0.05, 0) is 49.4 Å². The third-order valence-corrected chi connectivity index (χ3v) is 18.7. The van der Waals surface area contributed by atoms with Crippen molar-refractivity contribution < 1.29 is 80.2 Å². The van der Waals surface area contributed by atoms with Crippen LogP contribution in [0, 0.1) is 23.7 Å². The Kier molecular flexibility index (Phi) is 55.7. The van der Waals surface area contributed by atoms with Crippen LogP contribution in [0.1, 0.15) is 325 Å². The van der Waals surface area contributed by atoms with E-state index in [1.165, 1.54) is 122 Å². The zero-order chi connectivity index (χ0) is 63.9. The van der Waals surface area contributed by atoms with Gasteiger partial charge in [0.2, 0.25) is 0 Å². The van der Waals surface area contributed by atoms with Crippen LogP contribution in [0.4, 0.5) is 0 Å². The molecule has 0 heterocycles. The van der Waals surface area contributed by atoms with Gasteiger partial charge in [-0.25, -0.2) is 9.13 Å². The fourth-order valence-corrected chi connectivity index (χ4v) is 11.4. The highest BCUT2D eigenvalue weighted by Crippen LogP contribution is 2.45. The molecule has 0 aromatic heterocycles. The minimum atomic E-state index is -4.95. The molecule has 0 fully saturated rings. The number of hydrogen-bond donors (Lipinski definition) is 3. The van der Waals surface area contributed by atoms with E-state index in [4.69, 9.17) is 37.0 Å². The van der Waals surface area contributed by atoms with E-state index in [1.54, 1.807) is 0 Å². The van der Waals surface area contributed by atoms with Crippen molar-refractivity contribution in [3.8, 4) is 0 Å². The number of rotatable bonds is 64. The van der Waals surface area contributed by atoms with Crippen LogP contribution in [0.15, 0.2) is 0 Å². The number of esters is 4. The zero-order valence-corrected chi connectivity index (χ0v) is 57.7. The van der Waals surface area contributed by atoms with Crippen LogP contribution in [-0.4, -0.2) is 96.7 Å². The molecule has 0 rings (SSSR count). The summed E-state index contributed by atoms with van der Waals surface area (Å²) in [6, 6.07) is 0. The van der Waals surface area contributed by atoms with E-state index < -0.39 is 97.5 Å². The summed E-state index contributed by atoms with van der Waals surface area (Å²) >= 11 is 0. The van der Waals surface area contributed by atoms with Crippen molar-refractivity contribution in [2.75, 3.05) is 39.6 Å². The van der Waals surface area contributed by atoms with Crippen molar-refractivity contribution in [1.82, 2.24) is 0 Å². The minimum absolute atomic E-state index is 0.101. The maximum Gasteiger partial charge on any atom is 0.472 e. The number of carbonyl (C=O) groups is 4. The molecule has 0 radical (unpaired) electrons. The predicted molar refractivity (Wildman–Crippen MR) is 344 cm³/mol. The summed E-state index contributed by atoms with van der Waals surface area (Å²) in [5.74, 6) is 0.894. The summed E-state index contributed by atoms with van der Waals surface area (Å²) in [4.78, 5) is 72.4. The molecule has 0 spiro atoms. The maximum atomic E-state index is 13.0. The van der Waals surface area contributed by atoms with Gasteiger partial charge in [-0.3, -0.25) is 37.3 Å². The second-order valence-corrected chi connectivity index (χ2v) is 28.1. The Hall–Kier alpha value is -1.94. The van der Waals surface area contributed by atoms with E-state index in [0.29, 0.717) is 25.7 Å². The zero-order valence-electron chi connectivity index (χ0n) is 55.9. The van der Waals surface area contributed by atoms with Crippen molar-refractivity contribution in [2.45, 2.75) is 343 Å². The average molecular weight is 1270 g/mol. The molecule has 3 N–H and O–H groups in total. The molecule has 17 nitrogen and oxygen atoms in total. The summed E-state index contributed by atoms with van der Waals surface area (Å²) in [5, 5.41) is 10.6. The molecule has 6 unspecified atom stereocenters. The van der Waals surface area contributed by atoms with Gasteiger partial charge in [0.05, 0.1) is 26.4 Å². The number of phosphoric acid groups is 2. The van der Waals surface area contributed by atoms with Crippen molar-refractivity contribution in [3.63, 3.8) is 0 Å². The molecule has 0 aliphatic heterocycles. The lowest BCUT2D eigenvalue weighted by atomic mass is 9.99. The molecule has 86 heavy (non-hydrogen) atoms. The first kappa shape index (κ1) is 84.1. The molecule has 510 valence electrons. The van der Waals surface area contributed by atoms with Crippen molar-refractivity contribution in [2.24, 2.45) is 23.7 Å². The van der Waals surface area contributed by atoms with Crippen LogP contribution in [0.3, 0.4) is 0 Å². The Bertz CT molecular complexity index is 1720. The lowest BCUT2D eigenvalue weighted by molar-refractivity contribution is -0.161. The van der Waals surface area contributed by atoms with Crippen molar-refractivity contribution in [1.29, 1.82) is 0 Å². The smallest absolute Gasteiger partial charge is 0.462 e. The molecule has 0 amide bonds. The molecule has 0 aliphatic rings. The first-order valence-corrected chi connectivity index (χ1v) is 37.8. The number of phosphoric ester groups is 2. The van der Waals surface area contributed by atoms with Crippen LogP contribution >= 0.6 is 15.6 Å². The Labute approximate surface area is 524 Å². The SMILES string of the molecule is CCC(C)CCCCCCCCCCCCC(=O)O[C@H](COC(=O)CCCCCCCCCCC(C)CC)COP(=O)(O)OC[C@@H](O)COP(=O)(O)OC[C@@H](COC(=O)CCCCCCCCC(C)CC)OC(=O)CCCCCCCCC(C)CC. The highest BCUT2D eigenvalue weighted by atomic mass is 31.2. The third kappa shape index (κ3) is 56.1. The van der Waals surface area contributed by atoms with Crippen LogP contribution in [0.25, 0.3) is 0 Å². The van der Waals surface area contributed by atoms with Crippen LogP contribution < -0.4 is 0 Å². The Morgan fingerprint density at radius 3 is 0.767 bits per heavy atom. The largest absolute Gasteiger partial charge is 0.472 e. The number of hydrogen-bond acceptors (Lipinski definition) is 15. The molecule has 0 saturated heterocycles. The molecule has 0 aliphatic carbocycles. The van der Waals surface area contributed by atoms with Gasteiger partial charge < -0.3 is 33.8 Å². The van der Waals surface area contributed by atoms with Gasteiger partial charge in [0.25, 0.3) is 0 Å². The van der Waals surface area contributed by atoms with E-state index in [2.05, 4.69) is 55.4 Å². The Balaban J connectivity index is 5.28. The molecule has 0 bridgehead atoms. The quantitative estimate of drug-likeness (QED) is 0.0222. The Morgan fingerprint density at radius 2 is 0.523 bits per heavy atom. The van der Waals surface area contributed by atoms with Gasteiger partial charge in [-0.1, -0.05) is 274 Å². The van der Waals surface area contributed by atoms with Gasteiger partial charge in [0.1, 0.15) is 19.3 Å². The van der Waals surface area contributed by atoms with Gasteiger partial charge in [-0.15, -0.1) is 0 Å². The first-order valence-electron chi connectivity index (χ1n) is 34.9. The van der Waals surface area contributed by atoms with Crippen LogP contribution in [0.2, 0.25) is 0 Å². The maximum absolute atomic E-state index is 13.0. The van der Waals surface area contributed by atoms with Gasteiger partial charge in [0, 0.05) is 25.7 Å². The number of carbonyl (C=O) groups excluding carboxylic acids is 4. The molecule has 9 atom stereocenters. The van der Waals surface area contributed by atoms with E-state index >= 15 is 0 Å². The first-order chi connectivity index (χ1) is 41.2. The van der Waals surface area contributed by atoms with Crippen LogP contribution in [-0.2, 0) is 65.4 Å². The van der Waals surface area contributed by atoms with E-state index in [-0.39, 0.29) is 25.7 Å². The molecule has 0 aromatic rings. The lowest BCUT2D eigenvalue weighted by Crippen LogP contribution is -2.30. The second-order valence-electron chi connectivity index (χ2n) is 25.2. The summed E-state index contributed by atoms with van der Waals surface area (Å²) in [5.41, 5.74) is 0. The van der Waals surface area contributed by atoms with Gasteiger partial charge in [0.15, 0.2) is 12.2 Å². The summed E-state index contributed by atoms with van der Waals surface area (Å²) in [7, 11) is -9.90. The van der Waals surface area contributed by atoms with E-state index in [0.717, 1.165) is 120 Å². The second kappa shape index (κ2) is 57.0. The number of aliphatic hydroxyl groups is 1. The van der Waals surface area contributed by atoms with Crippen LogP contribution in [0.5, 0.6) is 0 Å². The predicted octanol–water partition coefficient (Wildman–Crippen LogP) is 18.5. The van der Waals surface area contributed by atoms with E-state index in [9.17, 15) is 43.2 Å².